The number of rotatable bonds is 6. The number of urea groups is 1. The van der Waals surface area contributed by atoms with Gasteiger partial charge in [0.15, 0.2) is 0 Å². The van der Waals surface area contributed by atoms with Crippen molar-refractivity contribution in [3.63, 3.8) is 0 Å². The molecule has 0 unspecified atom stereocenters. The van der Waals surface area contributed by atoms with E-state index in [-0.39, 0.29) is 11.4 Å². The van der Waals surface area contributed by atoms with Crippen molar-refractivity contribution < 1.29 is 13.9 Å². The molecule has 0 atom stereocenters. The van der Waals surface area contributed by atoms with Gasteiger partial charge in [-0.3, -0.25) is 14.6 Å². The molecule has 162 valence electrons. The lowest BCUT2D eigenvalue weighted by atomic mass is 10.2. The van der Waals surface area contributed by atoms with Gasteiger partial charge in [-0.1, -0.05) is 6.92 Å². The Labute approximate surface area is 184 Å². The number of halogens is 1. The van der Waals surface area contributed by atoms with E-state index in [2.05, 4.69) is 25.7 Å². The van der Waals surface area contributed by atoms with Crippen LogP contribution in [0.1, 0.15) is 12.5 Å². The van der Waals surface area contributed by atoms with Crippen LogP contribution in [-0.4, -0.2) is 25.8 Å². The molecule has 0 aliphatic rings. The van der Waals surface area contributed by atoms with Gasteiger partial charge in [0.05, 0.1) is 29.5 Å². The molecule has 0 aliphatic carbocycles. The molecule has 2 amide bonds. The minimum Gasteiger partial charge on any atom is -0.457 e. The van der Waals surface area contributed by atoms with Gasteiger partial charge >= 0.3 is 6.03 Å². The van der Waals surface area contributed by atoms with Crippen LogP contribution in [0.3, 0.4) is 0 Å². The van der Waals surface area contributed by atoms with Crippen molar-refractivity contribution in [2.45, 2.75) is 13.3 Å². The molecule has 4 aromatic rings. The summed E-state index contributed by atoms with van der Waals surface area (Å²) in [7, 11) is 1.82. The van der Waals surface area contributed by atoms with Gasteiger partial charge in [0.25, 0.3) is 0 Å². The number of aryl methyl sites for hydroxylation is 2. The second kappa shape index (κ2) is 9.25. The van der Waals surface area contributed by atoms with Crippen LogP contribution in [0, 0.1) is 5.82 Å². The molecule has 8 nitrogen and oxygen atoms in total. The minimum absolute atomic E-state index is 0.0280. The fraction of sp³-hybridized carbons (Fsp3) is 0.130. The molecule has 3 aromatic heterocycles. The van der Waals surface area contributed by atoms with Crippen molar-refractivity contribution in [1.82, 2.24) is 19.7 Å². The predicted octanol–water partition coefficient (Wildman–Crippen LogP) is 5.01. The summed E-state index contributed by atoms with van der Waals surface area (Å²) in [6.07, 6.45) is 9.19. The van der Waals surface area contributed by atoms with Crippen LogP contribution in [0.25, 0.3) is 11.3 Å². The van der Waals surface area contributed by atoms with E-state index < -0.39 is 11.8 Å². The average Bonchev–Trinajstić information content (AvgIpc) is 3.22. The van der Waals surface area contributed by atoms with Crippen LogP contribution in [-0.2, 0) is 13.5 Å². The van der Waals surface area contributed by atoms with Crippen LogP contribution in [0.2, 0.25) is 0 Å². The summed E-state index contributed by atoms with van der Waals surface area (Å²) >= 11 is 0. The third-order valence-corrected chi connectivity index (χ3v) is 4.62. The van der Waals surface area contributed by atoms with Gasteiger partial charge in [0, 0.05) is 43.3 Å². The molecule has 1 aromatic carbocycles. The standard InChI is InChI=1S/C23H21FN6O2/c1-3-15-8-17(13-25-11-15)28-23(31)29-21-5-4-18(9-20(21)24)32-19-6-7-26-22(10-19)16-12-27-30(2)14-16/h4-14H,3H2,1-2H3,(H2,28,29,31). The highest BCUT2D eigenvalue weighted by Crippen LogP contribution is 2.28. The summed E-state index contributed by atoms with van der Waals surface area (Å²) in [5.74, 6) is 0.163. The first kappa shape index (κ1) is 21.0. The molecule has 0 spiro atoms. The molecule has 2 N–H and O–H groups in total. The van der Waals surface area contributed by atoms with Gasteiger partial charge in [-0.25, -0.2) is 9.18 Å². The topological polar surface area (TPSA) is 94.0 Å². The average molecular weight is 432 g/mol. The summed E-state index contributed by atoms with van der Waals surface area (Å²) in [6, 6.07) is 8.88. The fourth-order valence-corrected chi connectivity index (χ4v) is 3.02. The Morgan fingerprint density at radius 1 is 1.09 bits per heavy atom. The molecule has 0 bridgehead atoms. The van der Waals surface area contributed by atoms with Crippen LogP contribution in [0.5, 0.6) is 11.5 Å². The molecule has 0 saturated heterocycles. The molecule has 4 rings (SSSR count). The van der Waals surface area contributed by atoms with Crippen molar-refractivity contribution in [3.05, 3.63) is 78.8 Å². The fourth-order valence-electron chi connectivity index (χ4n) is 3.02. The Morgan fingerprint density at radius 3 is 2.69 bits per heavy atom. The maximum Gasteiger partial charge on any atom is 0.323 e. The van der Waals surface area contributed by atoms with Gasteiger partial charge in [-0.2, -0.15) is 5.10 Å². The Hall–Kier alpha value is -4.27. The maximum atomic E-state index is 14.6. The Balaban J connectivity index is 1.42. The lowest BCUT2D eigenvalue weighted by Crippen LogP contribution is -2.20. The molecular weight excluding hydrogens is 411 g/mol. The van der Waals surface area contributed by atoms with Gasteiger partial charge in [-0.05, 0) is 36.2 Å². The van der Waals surface area contributed by atoms with Crippen molar-refractivity contribution >= 4 is 17.4 Å². The van der Waals surface area contributed by atoms with Gasteiger partial charge in [0.2, 0.25) is 0 Å². The third-order valence-electron chi connectivity index (χ3n) is 4.62. The van der Waals surface area contributed by atoms with E-state index in [1.54, 1.807) is 41.5 Å². The maximum absolute atomic E-state index is 14.6. The Morgan fingerprint density at radius 2 is 1.94 bits per heavy atom. The summed E-state index contributed by atoms with van der Waals surface area (Å²) < 4.78 is 22.0. The smallest absolute Gasteiger partial charge is 0.323 e. The van der Waals surface area contributed by atoms with Gasteiger partial charge in [0.1, 0.15) is 17.3 Å². The Bertz CT molecular complexity index is 1260. The number of anilines is 2. The highest BCUT2D eigenvalue weighted by atomic mass is 19.1. The van der Waals surface area contributed by atoms with Crippen LogP contribution >= 0.6 is 0 Å². The molecule has 0 aliphatic heterocycles. The second-order valence-electron chi connectivity index (χ2n) is 7.04. The van der Waals surface area contributed by atoms with E-state index in [0.717, 1.165) is 17.5 Å². The molecule has 0 radical (unpaired) electrons. The largest absolute Gasteiger partial charge is 0.457 e. The number of hydrogen-bond donors (Lipinski definition) is 2. The zero-order chi connectivity index (χ0) is 22.5. The van der Waals surface area contributed by atoms with Crippen LogP contribution < -0.4 is 15.4 Å². The zero-order valence-corrected chi connectivity index (χ0v) is 17.5. The van der Waals surface area contributed by atoms with Crippen LogP contribution in [0.15, 0.2) is 67.4 Å². The highest BCUT2D eigenvalue weighted by Gasteiger charge is 2.10. The first-order valence-corrected chi connectivity index (χ1v) is 9.94. The van der Waals surface area contributed by atoms with Gasteiger partial charge in [-0.15, -0.1) is 0 Å². The summed E-state index contributed by atoms with van der Waals surface area (Å²) in [5, 5.41) is 9.27. The number of aromatic nitrogens is 4. The monoisotopic (exact) mass is 432 g/mol. The lowest BCUT2D eigenvalue weighted by Gasteiger charge is -2.11. The van der Waals surface area contributed by atoms with E-state index in [1.807, 2.05) is 26.2 Å². The number of ether oxygens (including phenoxy) is 1. The summed E-state index contributed by atoms with van der Waals surface area (Å²) in [5.41, 5.74) is 3.07. The van der Waals surface area contributed by atoms with E-state index in [9.17, 15) is 9.18 Å². The predicted molar refractivity (Wildman–Crippen MR) is 119 cm³/mol. The molecule has 0 saturated carbocycles. The first-order valence-electron chi connectivity index (χ1n) is 9.94. The number of benzene rings is 1. The summed E-state index contributed by atoms with van der Waals surface area (Å²) in [6.45, 7) is 1.99. The normalized spacial score (nSPS) is 10.6. The molecular formula is C23H21FN6O2. The number of carbonyl (C=O) groups excluding carboxylic acids is 1. The number of nitrogens with one attached hydrogen (secondary N) is 2. The first-order chi connectivity index (χ1) is 15.5. The molecule has 32 heavy (non-hydrogen) atoms. The van der Waals surface area contributed by atoms with Gasteiger partial charge < -0.3 is 15.4 Å². The third kappa shape index (κ3) is 5.07. The zero-order valence-electron chi connectivity index (χ0n) is 17.5. The highest BCUT2D eigenvalue weighted by molar-refractivity contribution is 5.99. The number of amides is 2. The molecule has 0 fully saturated rings. The minimum atomic E-state index is -0.625. The van der Waals surface area contributed by atoms with E-state index in [1.165, 1.54) is 18.3 Å². The quantitative estimate of drug-likeness (QED) is 0.446. The van der Waals surface area contributed by atoms with Crippen LogP contribution in [0.4, 0.5) is 20.6 Å². The number of hydrogen-bond acceptors (Lipinski definition) is 5. The molecule has 9 heteroatoms. The number of nitrogens with zero attached hydrogens (tertiary/aromatic N) is 4. The van der Waals surface area contributed by atoms with E-state index in [0.29, 0.717) is 17.1 Å². The SMILES string of the molecule is CCc1cncc(NC(=O)Nc2ccc(Oc3ccnc(-c4cnn(C)c4)c3)cc2F)c1. The van der Waals surface area contributed by atoms with Crippen molar-refractivity contribution in [2.75, 3.05) is 10.6 Å². The van der Waals surface area contributed by atoms with E-state index in [4.69, 9.17) is 4.74 Å². The molecule has 3 heterocycles. The van der Waals surface area contributed by atoms with E-state index >= 15 is 0 Å². The summed E-state index contributed by atoms with van der Waals surface area (Å²) in [4.78, 5) is 20.6. The van der Waals surface area contributed by atoms with Crippen molar-refractivity contribution in [1.29, 1.82) is 0 Å². The Kier molecular flexibility index (Phi) is 6.07. The number of pyridine rings is 2. The van der Waals surface area contributed by atoms with Crippen molar-refractivity contribution in [2.24, 2.45) is 7.05 Å². The lowest BCUT2D eigenvalue weighted by molar-refractivity contribution is 0.262. The number of carbonyl (C=O) groups is 1. The second-order valence-corrected chi connectivity index (χ2v) is 7.04. The van der Waals surface area contributed by atoms with Crippen molar-refractivity contribution in [3.8, 4) is 22.8 Å².